The molecule has 168 valence electrons. The van der Waals surface area contributed by atoms with Crippen molar-refractivity contribution >= 4 is 46.0 Å². The Kier molecular flexibility index (Phi) is 6.69. The van der Waals surface area contributed by atoms with E-state index in [0.29, 0.717) is 35.1 Å². The maximum Gasteiger partial charge on any atom is 0.255 e. The van der Waals surface area contributed by atoms with Crippen LogP contribution < -0.4 is 5.32 Å². The predicted octanol–water partition coefficient (Wildman–Crippen LogP) is 4.61. The lowest BCUT2D eigenvalue weighted by molar-refractivity contribution is 0.0630. The van der Waals surface area contributed by atoms with Crippen molar-refractivity contribution in [2.75, 3.05) is 20.3 Å². The molecule has 0 radical (unpaired) electrons. The maximum absolute atomic E-state index is 13.0. The van der Waals surface area contributed by atoms with Crippen molar-refractivity contribution < 1.29 is 14.3 Å². The van der Waals surface area contributed by atoms with Gasteiger partial charge in [-0.2, -0.15) is 0 Å². The summed E-state index contributed by atoms with van der Waals surface area (Å²) in [5, 5.41) is 3.75. The van der Waals surface area contributed by atoms with Gasteiger partial charge in [0.2, 0.25) is 0 Å². The molecule has 2 heterocycles. The number of H-pyrrole nitrogens is 1. The van der Waals surface area contributed by atoms with E-state index in [2.05, 4.69) is 15.3 Å². The number of carbonyl (C=O) groups is 2. The number of hydrogen-bond acceptors (Lipinski definition) is 4. The van der Waals surface area contributed by atoms with Crippen LogP contribution in [0, 0.1) is 0 Å². The second-order valence-electron chi connectivity index (χ2n) is 7.92. The monoisotopic (exact) mass is 474 g/mol. The van der Waals surface area contributed by atoms with E-state index in [1.165, 1.54) is 6.07 Å². The first kappa shape index (κ1) is 22.6. The predicted molar refractivity (Wildman–Crippen MR) is 124 cm³/mol. The van der Waals surface area contributed by atoms with Gasteiger partial charge in [0.1, 0.15) is 5.82 Å². The molecule has 1 aromatic heterocycles. The topological polar surface area (TPSA) is 87.3 Å². The van der Waals surface area contributed by atoms with Crippen LogP contribution in [0.5, 0.6) is 0 Å². The number of amides is 2. The highest BCUT2D eigenvalue weighted by atomic mass is 35.5. The Morgan fingerprint density at radius 1 is 1.28 bits per heavy atom. The highest BCUT2D eigenvalue weighted by Crippen LogP contribution is 2.26. The molecule has 7 nitrogen and oxygen atoms in total. The van der Waals surface area contributed by atoms with Gasteiger partial charge < -0.3 is 19.9 Å². The summed E-state index contributed by atoms with van der Waals surface area (Å²) in [6.07, 6.45) is 1.84. The van der Waals surface area contributed by atoms with Crippen LogP contribution in [-0.2, 0) is 4.74 Å². The number of nitrogens with one attached hydrogen (secondary N) is 2. The fraction of sp³-hybridized carbons (Fsp3) is 0.348. The van der Waals surface area contributed by atoms with E-state index in [1.54, 1.807) is 36.3 Å². The average Bonchev–Trinajstić information content (AvgIpc) is 3.40. The van der Waals surface area contributed by atoms with Gasteiger partial charge in [0, 0.05) is 24.2 Å². The number of rotatable bonds is 6. The van der Waals surface area contributed by atoms with Crippen LogP contribution in [0.2, 0.25) is 10.0 Å². The molecule has 2 atom stereocenters. The van der Waals surface area contributed by atoms with E-state index < -0.39 is 0 Å². The van der Waals surface area contributed by atoms with Gasteiger partial charge in [-0.3, -0.25) is 9.59 Å². The van der Waals surface area contributed by atoms with Crippen molar-refractivity contribution in [3.05, 3.63) is 63.4 Å². The summed E-state index contributed by atoms with van der Waals surface area (Å²) in [5.74, 6) is 0.165. The number of carbonyl (C=O) groups excluding carboxylic acids is 2. The standard InChI is InChI=1S/C23H24Cl2N4O3/c1-13(21-27-19-8-6-15(24)11-20(19)28-21)26-22(30)14-5-7-17(18(25)10-14)23(31)29-9-3-4-16(29)12-32-2/h5-8,10-11,13,16H,3-4,9,12H2,1-2H3,(H,26,30)(H,27,28)/t13-,16+/m1/s1. The van der Waals surface area contributed by atoms with Crippen molar-refractivity contribution in [3.63, 3.8) is 0 Å². The largest absolute Gasteiger partial charge is 0.383 e. The van der Waals surface area contributed by atoms with Gasteiger partial charge in [0.25, 0.3) is 11.8 Å². The molecule has 1 aliphatic heterocycles. The third-order valence-corrected chi connectivity index (χ3v) is 6.23. The molecule has 0 unspecified atom stereocenters. The Morgan fingerprint density at radius 3 is 2.84 bits per heavy atom. The first-order valence-corrected chi connectivity index (χ1v) is 11.2. The van der Waals surface area contributed by atoms with Crippen molar-refractivity contribution in [1.82, 2.24) is 20.2 Å². The van der Waals surface area contributed by atoms with Gasteiger partial charge in [-0.15, -0.1) is 0 Å². The second-order valence-corrected chi connectivity index (χ2v) is 8.77. The zero-order chi connectivity index (χ0) is 22.8. The fourth-order valence-corrected chi connectivity index (χ4v) is 4.43. The third-order valence-electron chi connectivity index (χ3n) is 5.68. The van der Waals surface area contributed by atoms with Crippen LogP contribution in [0.4, 0.5) is 0 Å². The molecule has 2 amide bonds. The normalized spacial score (nSPS) is 17.0. The molecule has 0 spiro atoms. The van der Waals surface area contributed by atoms with Crippen LogP contribution in [0.1, 0.15) is 52.3 Å². The lowest BCUT2D eigenvalue weighted by Crippen LogP contribution is -2.38. The molecule has 3 aromatic rings. The van der Waals surface area contributed by atoms with E-state index in [-0.39, 0.29) is 28.9 Å². The quantitative estimate of drug-likeness (QED) is 0.545. The van der Waals surface area contributed by atoms with Crippen molar-refractivity contribution in [2.45, 2.75) is 31.8 Å². The number of methoxy groups -OCH3 is 1. The van der Waals surface area contributed by atoms with Crippen molar-refractivity contribution in [3.8, 4) is 0 Å². The molecule has 2 aromatic carbocycles. The van der Waals surface area contributed by atoms with Crippen LogP contribution in [0.3, 0.4) is 0 Å². The molecule has 4 rings (SSSR count). The SMILES string of the molecule is COC[C@@H]1CCCN1C(=O)c1ccc(C(=O)N[C@H](C)c2nc3cc(Cl)ccc3[nH]2)cc1Cl. The third kappa shape index (κ3) is 4.60. The number of hydrogen-bond donors (Lipinski definition) is 2. The smallest absolute Gasteiger partial charge is 0.255 e. The summed E-state index contributed by atoms with van der Waals surface area (Å²) < 4.78 is 5.23. The Morgan fingerprint density at radius 2 is 2.09 bits per heavy atom. The van der Waals surface area contributed by atoms with Gasteiger partial charge in [-0.1, -0.05) is 23.2 Å². The minimum Gasteiger partial charge on any atom is -0.383 e. The van der Waals surface area contributed by atoms with Crippen LogP contribution in [-0.4, -0.2) is 53.0 Å². The highest BCUT2D eigenvalue weighted by molar-refractivity contribution is 6.34. The molecule has 0 bridgehead atoms. The van der Waals surface area contributed by atoms with Gasteiger partial charge in [0.05, 0.1) is 40.3 Å². The lowest BCUT2D eigenvalue weighted by atomic mass is 10.1. The van der Waals surface area contributed by atoms with Gasteiger partial charge in [0.15, 0.2) is 0 Å². The number of fused-ring (bicyclic) bond motifs is 1. The zero-order valence-corrected chi connectivity index (χ0v) is 19.3. The summed E-state index contributed by atoms with van der Waals surface area (Å²) in [5.41, 5.74) is 2.32. The second kappa shape index (κ2) is 9.48. The molecular formula is C23H24Cl2N4O3. The summed E-state index contributed by atoms with van der Waals surface area (Å²) in [6, 6.07) is 9.81. The molecule has 2 N–H and O–H groups in total. The number of aromatic nitrogens is 2. The Balaban J connectivity index is 1.47. The van der Waals surface area contributed by atoms with Crippen LogP contribution >= 0.6 is 23.2 Å². The van der Waals surface area contributed by atoms with Crippen LogP contribution in [0.15, 0.2) is 36.4 Å². The number of halogens is 2. The maximum atomic E-state index is 13.0. The number of ether oxygens (including phenoxy) is 1. The highest BCUT2D eigenvalue weighted by Gasteiger charge is 2.30. The van der Waals surface area contributed by atoms with Gasteiger partial charge in [-0.25, -0.2) is 4.98 Å². The zero-order valence-electron chi connectivity index (χ0n) is 17.8. The molecule has 1 aliphatic rings. The lowest BCUT2D eigenvalue weighted by Gasteiger charge is -2.24. The molecular weight excluding hydrogens is 451 g/mol. The minimum absolute atomic E-state index is 0.0473. The first-order valence-electron chi connectivity index (χ1n) is 10.4. The summed E-state index contributed by atoms with van der Waals surface area (Å²) >= 11 is 12.4. The average molecular weight is 475 g/mol. The Labute approximate surface area is 196 Å². The molecule has 9 heteroatoms. The fourth-order valence-electron chi connectivity index (χ4n) is 4.01. The van der Waals surface area contributed by atoms with E-state index in [9.17, 15) is 9.59 Å². The van der Waals surface area contributed by atoms with Crippen LogP contribution in [0.25, 0.3) is 11.0 Å². The molecule has 1 saturated heterocycles. The summed E-state index contributed by atoms with van der Waals surface area (Å²) in [4.78, 5) is 35.2. The Bertz CT molecular complexity index is 1160. The number of imidazole rings is 1. The van der Waals surface area contributed by atoms with Gasteiger partial charge >= 0.3 is 0 Å². The van der Waals surface area contributed by atoms with Crippen molar-refractivity contribution in [1.29, 1.82) is 0 Å². The van der Waals surface area contributed by atoms with Crippen molar-refractivity contribution in [2.24, 2.45) is 0 Å². The number of benzene rings is 2. The summed E-state index contributed by atoms with van der Waals surface area (Å²) in [7, 11) is 1.63. The van der Waals surface area contributed by atoms with E-state index >= 15 is 0 Å². The molecule has 0 aliphatic carbocycles. The minimum atomic E-state index is -0.367. The molecule has 1 fully saturated rings. The van der Waals surface area contributed by atoms with E-state index in [1.807, 2.05) is 13.0 Å². The van der Waals surface area contributed by atoms with E-state index in [0.717, 1.165) is 23.9 Å². The van der Waals surface area contributed by atoms with E-state index in [4.69, 9.17) is 27.9 Å². The van der Waals surface area contributed by atoms with Gasteiger partial charge in [-0.05, 0) is 56.2 Å². The first-order chi connectivity index (χ1) is 15.4. The molecule has 32 heavy (non-hydrogen) atoms. The molecule has 0 saturated carbocycles. The number of likely N-dealkylation sites (tertiary alicyclic amines) is 1. The number of nitrogens with zero attached hydrogens (tertiary/aromatic N) is 2. The number of aromatic amines is 1. The Hall–Kier alpha value is -2.61. The summed E-state index contributed by atoms with van der Waals surface area (Å²) in [6.45, 7) is 3.00.